The van der Waals surface area contributed by atoms with Crippen LogP contribution in [0.15, 0.2) is 24.3 Å². The molecule has 2 N–H and O–H groups in total. The fourth-order valence-electron chi connectivity index (χ4n) is 2.57. The summed E-state index contributed by atoms with van der Waals surface area (Å²) in [7, 11) is 0. The van der Waals surface area contributed by atoms with Crippen LogP contribution in [0.5, 0.6) is 0 Å². The number of benzene rings is 1. The van der Waals surface area contributed by atoms with Crippen molar-refractivity contribution in [1.29, 1.82) is 0 Å². The van der Waals surface area contributed by atoms with Gasteiger partial charge in [-0.2, -0.15) is 0 Å². The molecular weight excluding hydrogens is 189 g/mol. The first-order valence-electron chi connectivity index (χ1n) is 5.65. The van der Waals surface area contributed by atoms with E-state index in [9.17, 15) is 4.39 Å². The average Bonchev–Trinajstić information content (AvgIpc) is 2.71. The highest BCUT2D eigenvalue weighted by Gasteiger charge is 2.33. The molecule has 2 rings (SSSR count). The molecule has 0 spiro atoms. The Labute approximate surface area is 90.5 Å². The molecule has 0 saturated heterocycles. The van der Waals surface area contributed by atoms with Crippen LogP contribution < -0.4 is 5.73 Å². The molecule has 1 unspecified atom stereocenters. The largest absolute Gasteiger partial charge is 0.321 e. The van der Waals surface area contributed by atoms with Crippen molar-refractivity contribution >= 4 is 0 Å². The normalized spacial score (nSPS) is 21.5. The van der Waals surface area contributed by atoms with Gasteiger partial charge < -0.3 is 5.73 Å². The lowest BCUT2D eigenvalue weighted by Gasteiger charge is -2.32. The van der Waals surface area contributed by atoms with Gasteiger partial charge in [-0.15, -0.1) is 0 Å². The minimum atomic E-state index is -0.301. The predicted molar refractivity (Wildman–Crippen MR) is 59.9 cm³/mol. The quantitative estimate of drug-likeness (QED) is 0.792. The Kier molecular flexibility index (Phi) is 2.79. The standard InChI is InChI=1S/C13H18FN/c1-13(15,10-4-2-3-5-10)11-6-8-12(14)9-7-11/h6-10H,2-5,15H2,1H3. The number of rotatable bonds is 2. The zero-order valence-corrected chi connectivity index (χ0v) is 9.17. The van der Waals surface area contributed by atoms with Crippen molar-refractivity contribution in [3.05, 3.63) is 35.6 Å². The third-order valence-electron chi connectivity index (χ3n) is 3.67. The van der Waals surface area contributed by atoms with Crippen LogP contribution in [0.4, 0.5) is 4.39 Å². The van der Waals surface area contributed by atoms with Crippen molar-refractivity contribution in [2.24, 2.45) is 11.7 Å². The molecule has 1 fully saturated rings. The van der Waals surface area contributed by atoms with E-state index in [0.29, 0.717) is 5.92 Å². The molecule has 0 radical (unpaired) electrons. The van der Waals surface area contributed by atoms with E-state index in [2.05, 4.69) is 6.92 Å². The molecule has 1 aliphatic carbocycles. The van der Waals surface area contributed by atoms with E-state index >= 15 is 0 Å². The second-order valence-electron chi connectivity index (χ2n) is 4.77. The second-order valence-corrected chi connectivity index (χ2v) is 4.77. The Balaban J connectivity index is 2.23. The number of hydrogen-bond donors (Lipinski definition) is 1. The Morgan fingerprint density at radius 1 is 1.20 bits per heavy atom. The molecule has 1 saturated carbocycles. The van der Waals surface area contributed by atoms with Crippen LogP contribution >= 0.6 is 0 Å². The molecule has 15 heavy (non-hydrogen) atoms. The first-order chi connectivity index (χ1) is 7.10. The molecule has 1 atom stereocenters. The monoisotopic (exact) mass is 207 g/mol. The van der Waals surface area contributed by atoms with Crippen molar-refractivity contribution < 1.29 is 4.39 Å². The van der Waals surface area contributed by atoms with E-state index in [-0.39, 0.29) is 11.4 Å². The average molecular weight is 207 g/mol. The Morgan fingerprint density at radius 3 is 2.27 bits per heavy atom. The van der Waals surface area contributed by atoms with Gasteiger partial charge >= 0.3 is 0 Å². The van der Waals surface area contributed by atoms with Gasteiger partial charge in [0.2, 0.25) is 0 Å². The summed E-state index contributed by atoms with van der Waals surface area (Å²) in [6.07, 6.45) is 4.95. The van der Waals surface area contributed by atoms with Gasteiger partial charge in [0.1, 0.15) is 5.82 Å². The molecule has 0 aliphatic heterocycles. The smallest absolute Gasteiger partial charge is 0.123 e. The summed E-state index contributed by atoms with van der Waals surface area (Å²) in [5.41, 5.74) is 7.12. The van der Waals surface area contributed by atoms with Crippen molar-refractivity contribution in [3.63, 3.8) is 0 Å². The van der Waals surface area contributed by atoms with Crippen LogP contribution in [-0.4, -0.2) is 0 Å². The Hall–Kier alpha value is -0.890. The zero-order valence-electron chi connectivity index (χ0n) is 9.17. The topological polar surface area (TPSA) is 26.0 Å². The molecule has 1 aromatic carbocycles. The van der Waals surface area contributed by atoms with Gasteiger partial charge in [-0.3, -0.25) is 0 Å². The van der Waals surface area contributed by atoms with Gasteiger partial charge in [-0.05, 0) is 43.4 Å². The van der Waals surface area contributed by atoms with Gasteiger partial charge in [0.25, 0.3) is 0 Å². The molecule has 0 heterocycles. The number of halogens is 1. The van der Waals surface area contributed by atoms with E-state index in [1.807, 2.05) is 12.1 Å². The molecule has 0 aromatic heterocycles. The van der Waals surface area contributed by atoms with Crippen molar-refractivity contribution in [1.82, 2.24) is 0 Å². The SMILES string of the molecule is CC(N)(c1ccc(F)cc1)C1CCCC1. The highest BCUT2D eigenvalue weighted by molar-refractivity contribution is 5.25. The first kappa shape index (κ1) is 10.6. The van der Waals surface area contributed by atoms with E-state index in [1.165, 1.54) is 37.8 Å². The fourth-order valence-corrected chi connectivity index (χ4v) is 2.57. The zero-order chi connectivity index (χ0) is 10.9. The lowest BCUT2D eigenvalue weighted by molar-refractivity contribution is 0.306. The predicted octanol–water partition coefficient (Wildman–Crippen LogP) is 3.19. The summed E-state index contributed by atoms with van der Waals surface area (Å²) >= 11 is 0. The number of nitrogens with two attached hydrogens (primary N) is 1. The molecule has 82 valence electrons. The van der Waals surface area contributed by atoms with Crippen LogP contribution in [0.2, 0.25) is 0 Å². The summed E-state index contributed by atoms with van der Waals surface area (Å²) < 4.78 is 12.8. The van der Waals surface area contributed by atoms with Crippen LogP contribution in [0.25, 0.3) is 0 Å². The minimum absolute atomic E-state index is 0.194. The van der Waals surface area contributed by atoms with Gasteiger partial charge in [-0.1, -0.05) is 25.0 Å². The van der Waals surface area contributed by atoms with E-state index in [4.69, 9.17) is 5.73 Å². The molecule has 1 nitrogen and oxygen atoms in total. The Morgan fingerprint density at radius 2 is 1.73 bits per heavy atom. The van der Waals surface area contributed by atoms with Crippen molar-refractivity contribution in [2.75, 3.05) is 0 Å². The van der Waals surface area contributed by atoms with Gasteiger partial charge in [0.05, 0.1) is 0 Å². The molecule has 0 amide bonds. The van der Waals surface area contributed by atoms with Gasteiger partial charge in [0.15, 0.2) is 0 Å². The summed E-state index contributed by atoms with van der Waals surface area (Å²) in [6.45, 7) is 2.07. The molecule has 2 heteroatoms. The summed E-state index contributed by atoms with van der Waals surface area (Å²) in [5.74, 6) is 0.351. The van der Waals surface area contributed by atoms with Gasteiger partial charge in [-0.25, -0.2) is 4.39 Å². The minimum Gasteiger partial charge on any atom is -0.321 e. The maximum atomic E-state index is 12.8. The highest BCUT2D eigenvalue weighted by Crippen LogP contribution is 2.38. The third kappa shape index (κ3) is 2.05. The maximum absolute atomic E-state index is 12.8. The molecule has 0 bridgehead atoms. The first-order valence-corrected chi connectivity index (χ1v) is 5.65. The molecule has 1 aromatic rings. The lowest BCUT2D eigenvalue weighted by atomic mass is 9.79. The van der Waals surface area contributed by atoms with Crippen LogP contribution in [0.3, 0.4) is 0 Å². The van der Waals surface area contributed by atoms with Crippen molar-refractivity contribution in [3.8, 4) is 0 Å². The van der Waals surface area contributed by atoms with Crippen LogP contribution in [0.1, 0.15) is 38.2 Å². The summed E-state index contributed by atoms with van der Waals surface area (Å²) in [6, 6.07) is 6.62. The van der Waals surface area contributed by atoms with Crippen LogP contribution in [0, 0.1) is 11.7 Å². The maximum Gasteiger partial charge on any atom is 0.123 e. The second kappa shape index (κ2) is 3.93. The fraction of sp³-hybridized carbons (Fsp3) is 0.538. The molecule has 1 aliphatic rings. The highest BCUT2D eigenvalue weighted by atomic mass is 19.1. The van der Waals surface area contributed by atoms with Gasteiger partial charge in [0, 0.05) is 5.54 Å². The van der Waals surface area contributed by atoms with Crippen LogP contribution in [-0.2, 0) is 5.54 Å². The Bertz CT molecular complexity index is 323. The van der Waals surface area contributed by atoms with E-state index in [0.717, 1.165) is 5.56 Å². The van der Waals surface area contributed by atoms with E-state index in [1.54, 1.807) is 0 Å². The lowest BCUT2D eigenvalue weighted by Crippen LogP contribution is -2.40. The molecular formula is C13H18FN. The summed E-state index contributed by atoms with van der Waals surface area (Å²) in [5, 5.41) is 0. The third-order valence-corrected chi connectivity index (χ3v) is 3.67. The van der Waals surface area contributed by atoms with Crippen molar-refractivity contribution in [2.45, 2.75) is 38.1 Å². The number of hydrogen-bond acceptors (Lipinski definition) is 1. The van der Waals surface area contributed by atoms with E-state index < -0.39 is 0 Å². The summed E-state index contributed by atoms with van der Waals surface area (Å²) in [4.78, 5) is 0.